The Morgan fingerprint density at radius 2 is 1.77 bits per heavy atom. The molecule has 1 aromatic heterocycles. The Bertz CT molecular complexity index is 758. The smallest absolute Gasteiger partial charge is 0.341 e. The molecule has 8 heteroatoms. The summed E-state index contributed by atoms with van der Waals surface area (Å²) in [5.74, 6) is -0.947. The quantitative estimate of drug-likeness (QED) is 0.761. The number of nitrogens with zero attached hydrogens (tertiary/aromatic N) is 2. The van der Waals surface area contributed by atoms with Crippen molar-refractivity contribution in [2.45, 2.75) is 6.54 Å². The topological polar surface area (TPSA) is 87.2 Å². The predicted molar refractivity (Wildman–Crippen MR) is 97.3 cm³/mol. The minimum absolute atomic E-state index is 0.00691. The number of carbonyl (C=O) groups excluding carboxylic acids is 2. The maximum atomic E-state index is 12.3. The van der Waals surface area contributed by atoms with Gasteiger partial charge in [0.15, 0.2) is 6.61 Å². The van der Waals surface area contributed by atoms with Crippen LogP contribution in [0.25, 0.3) is 0 Å². The minimum Gasteiger partial charge on any atom is -0.482 e. The van der Waals surface area contributed by atoms with Crippen LogP contribution in [0.1, 0.15) is 15.2 Å². The van der Waals surface area contributed by atoms with Gasteiger partial charge in [0.25, 0.3) is 5.91 Å². The summed E-state index contributed by atoms with van der Waals surface area (Å²) >= 11 is 1.34. The second-order valence-electron chi connectivity index (χ2n) is 5.71. The zero-order valence-corrected chi connectivity index (χ0v) is 15.4. The molecule has 0 spiro atoms. The Morgan fingerprint density at radius 3 is 2.35 bits per heavy atom. The Kier molecular flexibility index (Phi) is 6.74. The lowest BCUT2D eigenvalue weighted by atomic mass is 10.2. The normalized spacial score (nSPS) is 10.2. The lowest BCUT2D eigenvalue weighted by Crippen LogP contribution is -2.38. The number of carbonyl (C=O) groups is 3. The molecule has 1 heterocycles. The third-order valence-corrected chi connectivity index (χ3v) is 4.44. The van der Waals surface area contributed by atoms with E-state index in [1.807, 2.05) is 5.38 Å². The third kappa shape index (κ3) is 5.59. The van der Waals surface area contributed by atoms with Gasteiger partial charge < -0.3 is 19.6 Å². The number of benzene rings is 1. The Labute approximate surface area is 155 Å². The highest BCUT2D eigenvalue weighted by atomic mass is 32.1. The molecule has 1 aromatic carbocycles. The van der Waals surface area contributed by atoms with E-state index in [1.165, 1.54) is 21.1 Å². The van der Waals surface area contributed by atoms with Crippen LogP contribution in [-0.4, -0.2) is 59.9 Å². The van der Waals surface area contributed by atoms with Crippen LogP contribution in [0.5, 0.6) is 5.75 Å². The van der Waals surface area contributed by atoms with Crippen molar-refractivity contribution in [3.8, 4) is 5.75 Å². The maximum absolute atomic E-state index is 12.3. The molecule has 0 aliphatic heterocycles. The zero-order valence-electron chi connectivity index (χ0n) is 14.5. The highest BCUT2D eigenvalue weighted by molar-refractivity contribution is 7.12. The van der Waals surface area contributed by atoms with Crippen LogP contribution in [0.4, 0.5) is 0 Å². The molecule has 2 amide bonds. The fourth-order valence-corrected chi connectivity index (χ4v) is 2.90. The Hall–Kier alpha value is -2.87. The molecule has 7 nitrogen and oxygen atoms in total. The Balaban J connectivity index is 1.86. The van der Waals surface area contributed by atoms with Gasteiger partial charge in [0, 0.05) is 20.6 Å². The van der Waals surface area contributed by atoms with Crippen LogP contribution in [0, 0.1) is 0 Å². The molecular weight excluding hydrogens is 356 g/mol. The summed E-state index contributed by atoms with van der Waals surface area (Å²) < 4.78 is 5.07. The van der Waals surface area contributed by atoms with Gasteiger partial charge in [0.2, 0.25) is 5.91 Å². The minimum atomic E-state index is -1.04. The first kappa shape index (κ1) is 19.5. The van der Waals surface area contributed by atoms with Crippen LogP contribution in [0.15, 0.2) is 41.8 Å². The van der Waals surface area contributed by atoms with Crippen molar-refractivity contribution in [2.75, 3.05) is 27.2 Å². The molecule has 0 fully saturated rings. The number of hydrogen-bond donors (Lipinski definition) is 1. The fourth-order valence-electron chi connectivity index (χ4n) is 2.18. The summed E-state index contributed by atoms with van der Waals surface area (Å²) in [4.78, 5) is 38.5. The second-order valence-corrected chi connectivity index (χ2v) is 6.66. The van der Waals surface area contributed by atoms with E-state index in [9.17, 15) is 14.4 Å². The summed E-state index contributed by atoms with van der Waals surface area (Å²) in [7, 11) is 3.27. The fraction of sp³-hybridized carbons (Fsp3) is 0.278. The molecule has 138 valence electrons. The number of aliphatic carboxylic acids is 1. The van der Waals surface area contributed by atoms with Gasteiger partial charge in [-0.3, -0.25) is 9.59 Å². The average molecular weight is 376 g/mol. The first-order chi connectivity index (χ1) is 12.4. The van der Waals surface area contributed by atoms with Crippen LogP contribution in [0.2, 0.25) is 0 Å². The monoisotopic (exact) mass is 376 g/mol. The van der Waals surface area contributed by atoms with Gasteiger partial charge in [0.1, 0.15) is 5.75 Å². The number of likely N-dealkylation sites (N-methyl/N-ethyl adjacent to an activating group) is 2. The predicted octanol–water partition coefficient (Wildman–Crippen LogP) is 1.94. The van der Waals surface area contributed by atoms with E-state index >= 15 is 0 Å². The highest BCUT2D eigenvalue weighted by Gasteiger charge is 2.18. The number of carboxylic acid groups (broad SMARTS) is 1. The van der Waals surface area contributed by atoms with Gasteiger partial charge in [-0.1, -0.05) is 18.2 Å². The van der Waals surface area contributed by atoms with Crippen molar-refractivity contribution in [3.63, 3.8) is 0 Å². The van der Waals surface area contributed by atoms with Crippen molar-refractivity contribution in [2.24, 2.45) is 0 Å². The van der Waals surface area contributed by atoms with Gasteiger partial charge in [-0.25, -0.2) is 4.79 Å². The van der Waals surface area contributed by atoms with Crippen molar-refractivity contribution >= 4 is 29.1 Å². The number of thiophene rings is 1. The number of ether oxygens (including phenoxy) is 1. The lowest BCUT2D eigenvalue weighted by molar-refractivity contribution is -0.139. The van der Waals surface area contributed by atoms with Crippen molar-refractivity contribution < 1.29 is 24.2 Å². The van der Waals surface area contributed by atoms with Crippen molar-refractivity contribution in [1.29, 1.82) is 0 Å². The van der Waals surface area contributed by atoms with E-state index in [1.54, 1.807) is 50.5 Å². The molecule has 0 bridgehead atoms. The summed E-state index contributed by atoms with van der Waals surface area (Å²) in [6.45, 7) is -0.0333. The average Bonchev–Trinajstić information content (AvgIpc) is 3.14. The van der Waals surface area contributed by atoms with Gasteiger partial charge >= 0.3 is 5.97 Å². The highest BCUT2D eigenvalue weighted by Crippen LogP contribution is 2.14. The molecule has 0 saturated heterocycles. The van der Waals surface area contributed by atoms with E-state index in [4.69, 9.17) is 9.84 Å². The molecule has 2 rings (SSSR count). The van der Waals surface area contributed by atoms with Crippen LogP contribution >= 0.6 is 11.3 Å². The number of amides is 2. The molecule has 0 atom stereocenters. The molecule has 0 aliphatic carbocycles. The second kappa shape index (κ2) is 9.00. The Morgan fingerprint density at radius 1 is 1.08 bits per heavy atom. The van der Waals surface area contributed by atoms with Crippen molar-refractivity contribution in [3.05, 3.63) is 52.2 Å². The van der Waals surface area contributed by atoms with Crippen LogP contribution in [0.3, 0.4) is 0 Å². The van der Waals surface area contributed by atoms with E-state index in [0.29, 0.717) is 17.2 Å². The van der Waals surface area contributed by atoms with Crippen LogP contribution in [-0.2, 0) is 16.1 Å². The summed E-state index contributed by atoms with van der Waals surface area (Å²) in [5.41, 5.74) is 0.871. The van der Waals surface area contributed by atoms with Gasteiger partial charge in [-0.05, 0) is 29.1 Å². The van der Waals surface area contributed by atoms with E-state index in [-0.39, 0.29) is 18.4 Å². The first-order valence-electron chi connectivity index (χ1n) is 7.83. The van der Waals surface area contributed by atoms with E-state index in [0.717, 1.165) is 5.56 Å². The SMILES string of the molecule is CN(Cc1ccc(OCC(=O)O)cc1)C(=O)CN(C)C(=O)c1cccs1. The standard InChI is InChI=1S/C18H20N2O5S/c1-19(10-13-5-7-14(8-6-13)25-12-17(22)23)16(21)11-20(2)18(24)15-4-3-9-26-15/h3-9H,10-12H2,1-2H3,(H,22,23). The number of carboxylic acids is 1. The van der Waals surface area contributed by atoms with Crippen molar-refractivity contribution in [1.82, 2.24) is 9.80 Å². The summed E-state index contributed by atoms with van der Waals surface area (Å²) in [6.07, 6.45) is 0. The first-order valence-corrected chi connectivity index (χ1v) is 8.71. The van der Waals surface area contributed by atoms with E-state index in [2.05, 4.69) is 0 Å². The zero-order chi connectivity index (χ0) is 19.1. The molecule has 26 heavy (non-hydrogen) atoms. The molecule has 0 saturated carbocycles. The molecular formula is C18H20N2O5S. The number of hydrogen-bond acceptors (Lipinski definition) is 5. The summed E-state index contributed by atoms with van der Waals surface area (Å²) in [6, 6.07) is 10.4. The molecule has 1 N–H and O–H groups in total. The van der Waals surface area contributed by atoms with Gasteiger partial charge in [0.05, 0.1) is 11.4 Å². The molecule has 2 aromatic rings. The summed E-state index contributed by atoms with van der Waals surface area (Å²) in [5, 5.41) is 10.4. The lowest BCUT2D eigenvalue weighted by Gasteiger charge is -2.22. The van der Waals surface area contributed by atoms with Gasteiger partial charge in [-0.2, -0.15) is 0 Å². The third-order valence-electron chi connectivity index (χ3n) is 3.58. The number of rotatable bonds is 8. The van der Waals surface area contributed by atoms with Crippen LogP contribution < -0.4 is 4.74 Å². The maximum Gasteiger partial charge on any atom is 0.341 e. The largest absolute Gasteiger partial charge is 0.482 e. The molecule has 0 aliphatic rings. The molecule has 0 radical (unpaired) electrons. The van der Waals surface area contributed by atoms with E-state index < -0.39 is 12.6 Å². The molecule has 0 unspecified atom stereocenters. The van der Waals surface area contributed by atoms with Gasteiger partial charge in [-0.15, -0.1) is 11.3 Å².